The van der Waals surface area contributed by atoms with Gasteiger partial charge < -0.3 is 5.11 Å². The molecule has 1 aliphatic carbocycles. The number of carbonyl (C=O) groups is 1. The Balaban J connectivity index is 2.35. The second-order valence-electron chi connectivity index (χ2n) is 4.67. The van der Waals surface area contributed by atoms with Crippen LogP contribution in [-0.4, -0.2) is 25.5 Å². The molecule has 0 heterocycles. The Bertz CT molecular complexity index is 702. The van der Waals surface area contributed by atoms with Gasteiger partial charge in [0.15, 0.2) is 0 Å². The summed E-state index contributed by atoms with van der Waals surface area (Å²) in [4.78, 5) is 10.5. The molecule has 0 fully saturated rings. The minimum atomic E-state index is -4.00. The summed E-state index contributed by atoms with van der Waals surface area (Å²) in [6.07, 6.45) is 5.75. The van der Waals surface area contributed by atoms with Gasteiger partial charge in [-0.25, -0.2) is 22.3 Å². The molecule has 21 heavy (non-hydrogen) atoms. The summed E-state index contributed by atoms with van der Waals surface area (Å²) in [5.74, 6) is -2.57. The molecule has 5 nitrogen and oxygen atoms in total. The minimum absolute atomic E-state index is 0.285. The maximum Gasteiger partial charge on any atom is 0.337 e. The van der Waals surface area contributed by atoms with Crippen LogP contribution in [0.4, 0.5) is 4.39 Å². The number of hydrogen-bond acceptors (Lipinski definition) is 3. The van der Waals surface area contributed by atoms with Crippen LogP contribution in [0.15, 0.2) is 29.2 Å². The molecule has 8 heteroatoms. The van der Waals surface area contributed by atoms with Gasteiger partial charge in [-0.05, 0) is 31.4 Å². The van der Waals surface area contributed by atoms with Gasteiger partial charge >= 0.3 is 5.97 Å². The quantitative estimate of drug-likeness (QED) is 0.829. The van der Waals surface area contributed by atoms with Crippen molar-refractivity contribution in [3.63, 3.8) is 0 Å². The van der Waals surface area contributed by atoms with Crippen LogP contribution in [0.1, 0.15) is 29.6 Å². The van der Waals surface area contributed by atoms with Gasteiger partial charge in [0.05, 0.1) is 15.5 Å². The van der Waals surface area contributed by atoms with Gasteiger partial charge in [-0.15, -0.1) is 0 Å². The van der Waals surface area contributed by atoms with E-state index in [0.717, 1.165) is 18.6 Å². The fourth-order valence-electron chi connectivity index (χ4n) is 2.06. The number of sulfonamides is 1. The first-order chi connectivity index (χ1) is 9.81. The van der Waals surface area contributed by atoms with Crippen molar-refractivity contribution in [2.45, 2.75) is 30.2 Å². The summed E-state index contributed by atoms with van der Waals surface area (Å²) in [7, 11) is -4.00. The fourth-order valence-corrected chi connectivity index (χ4v) is 3.57. The zero-order chi connectivity index (χ0) is 15.6. The molecule has 1 unspecified atom stereocenters. The Hall–Kier alpha value is -1.44. The fraction of sp³-hybridized carbons (Fsp3) is 0.308. The van der Waals surface area contributed by atoms with Gasteiger partial charge in [-0.2, -0.15) is 0 Å². The molecule has 0 aromatic heterocycles. The first kappa shape index (κ1) is 15.9. The van der Waals surface area contributed by atoms with Crippen molar-refractivity contribution in [1.82, 2.24) is 4.72 Å². The zero-order valence-electron chi connectivity index (χ0n) is 10.8. The highest BCUT2D eigenvalue weighted by molar-refractivity contribution is 7.89. The molecule has 0 radical (unpaired) electrons. The Morgan fingerprint density at radius 3 is 2.67 bits per heavy atom. The Morgan fingerprint density at radius 2 is 2.10 bits per heavy atom. The van der Waals surface area contributed by atoms with E-state index in [1.54, 1.807) is 0 Å². The molecule has 0 spiro atoms. The van der Waals surface area contributed by atoms with Crippen molar-refractivity contribution in [1.29, 1.82) is 0 Å². The van der Waals surface area contributed by atoms with E-state index in [0.29, 0.717) is 12.8 Å². The van der Waals surface area contributed by atoms with E-state index in [9.17, 15) is 17.6 Å². The Morgan fingerprint density at radius 1 is 1.38 bits per heavy atom. The smallest absolute Gasteiger partial charge is 0.337 e. The number of rotatable bonds is 4. The molecule has 114 valence electrons. The first-order valence-electron chi connectivity index (χ1n) is 6.21. The molecule has 1 aromatic rings. The van der Waals surface area contributed by atoms with Crippen molar-refractivity contribution in [2.75, 3.05) is 0 Å². The van der Waals surface area contributed by atoms with Crippen molar-refractivity contribution >= 4 is 27.6 Å². The van der Waals surface area contributed by atoms with Crippen LogP contribution in [-0.2, 0) is 10.0 Å². The van der Waals surface area contributed by atoms with Crippen molar-refractivity contribution in [3.8, 4) is 0 Å². The lowest BCUT2D eigenvalue weighted by atomic mass is 10.0. The standard InChI is InChI=1S/C13H13ClFNO4S/c14-12-10(13(17)18)6-9(7-11(12)15)21(19,20)16-8-4-2-1-3-5-8/h1-2,6-8,16H,3-5H2,(H,17,18). The van der Waals surface area contributed by atoms with Gasteiger partial charge in [-0.3, -0.25) is 0 Å². The monoisotopic (exact) mass is 333 g/mol. The maximum atomic E-state index is 13.6. The third-order valence-electron chi connectivity index (χ3n) is 3.13. The Labute approximate surface area is 126 Å². The number of benzene rings is 1. The van der Waals surface area contributed by atoms with Gasteiger partial charge in [0.1, 0.15) is 5.82 Å². The predicted octanol–water partition coefficient (Wildman–Crippen LogP) is 2.56. The summed E-state index contributed by atoms with van der Waals surface area (Å²) in [5, 5.41) is 8.32. The summed E-state index contributed by atoms with van der Waals surface area (Å²) in [6, 6.07) is 1.29. The zero-order valence-corrected chi connectivity index (χ0v) is 12.4. The maximum absolute atomic E-state index is 13.6. The van der Waals surface area contributed by atoms with E-state index >= 15 is 0 Å². The van der Waals surface area contributed by atoms with E-state index in [2.05, 4.69) is 4.72 Å². The lowest BCUT2D eigenvalue weighted by Crippen LogP contribution is -2.35. The molecule has 0 aliphatic heterocycles. The van der Waals surface area contributed by atoms with Gasteiger partial charge in [0.2, 0.25) is 10.0 Å². The number of allylic oxidation sites excluding steroid dienone is 1. The molecule has 0 saturated heterocycles. The summed E-state index contributed by atoms with van der Waals surface area (Å²) in [5.41, 5.74) is -0.583. The molecule has 2 rings (SSSR count). The number of aromatic carboxylic acids is 1. The molecular formula is C13H13ClFNO4S. The predicted molar refractivity (Wildman–Crippen MR) is 75.5 cm³/mol. The molecule has 0 amide bonds. The third-order valence-corrected chi connectivity index (χ3v) is 5.02. The second kappa shape index (κ2) is 6.13. The molecule has 1 atom stereocenters. The van der Waals surface area contributed by atoms with E-state index in [4.69, 9.17) is 16.7 Å². The van der Waals surface area contributed by atoms with Crippen LogP contribution in [0.2, 0.25) is 5.02 Å². The van der Waals surface area contributed by atoms with E-state index < -0.39 is 37.3 Å². The third kappa shape index (κ3) is 3.61. The summed E-state index contributed by atoms with van der Waals surface area (Å²) < 4.78 is 40.5. The highest BCUT2D eigenvalue weighted by Crippen LogP contribution is 2.25. The van der Waals surface area contributed by atoms with Crippen LogP contribution in [0.3, 0.4) is 0 Å². The van der Waals surface area contributed by atoms with Gasteiger partial charge in [-0.1, -0.05) is 23.8 Å². The summed E-state index contributed by atoms with van der Waals surface area (Å²) >= 11 is 5.52. The topological polar surface area (TPSA) is 83.5 Å². The lowest BCUT2D eigenvalue weighted by molar-refractivity contribution is 0.0696. The minimum Gasteiger partial charge on any atom is -0.478 e. The van der Waals surface area contributed by atoms with E-state index in [-0.39, 0.29) is 6.04 Å². The molecule has 0 bridgehead atoms. The summed E-state index contributed by atoms with van der Waals surface area (Å²) in [6.45, 7) is 0. The average Bonchev–Trinajstić information content (AvgIpc) is 2.41. The van der Waals surface area contributed by atoms with Crippen molar-refractivity contribution in [2.24, 2.45) is 0 Å². The average molecular weight is 334 g/mol. The normalized spacial score (nSPS) is 18.7. The molecular weight excluding hydrogens is 321 g/mol. The highest BCUT2D eigenvalue weighted by atomic mass is 35.5. The van der Waals surface area contributed by atoms with Crippen LogP contribution in [0.5, 0.6) is 0 Å². The van der Waals surface area contributed by atoms with E-state index in [1.807, 2.05) is 12.2 Å². The van der Waals surface area contributed by atoms with Gasteiger partial charge in [0.25, 0.3) is 0 Å². The van der Waals surface area contributed by atoms with E-state index in [1.165, 1.54) is 0 Å². The number of nitrogens with one attached hydrogen (secondary N) is 1. The molecule has 1 aromatic carbocycles. The van der Waals surface area contributed by atoms with Gasteiger partial charge in [0, 0.05) is 6.04 Å². The largest absolute Gasteiger partial charge is 0.478 e. The Kier molecular flexibility index (Phi) is 4.65. The number of carboxylic acid groups (broad SMARTS) is 1. The van der Waals surface area contributed by atoms with Crippen LogP contribution in [0.25, 0.3) is 0 Å². The number of carboxylic acids is 1. The van der Waals surface area contributed by atoms with Crippen molar-refractivity contribution in [3.05, 3.63) is 40.7 Å². The molecule has 1 aliphatic rings. The number of hydrogen-bond donors (Lipinski definition) is 2. The molecule has 2 N–H and O–H groups in total. The first-order valence-corrected chi connectivity index (χ1v) is 8.07. The second-order valence-corrected chi connectivity index (χ2v) is 6.77. The lowest BCUT2D eigenvalue weighted by Gasteiger charge is -2.19. The van der Waals surface area contributed by atoms with Crippen LogP contribution in [0, 0.1) is 5.82 Å². The SMILES string of the molecule is O=C(O)c1cc(S(=O)(=O)NC2CC=CCC2)cc(F)c1Cl. The van der Waals surface area contributed by atoms with Crippen molar-refractivity contribution < 1.29 is 22.7 Å². The molecule has 0 saturated carbocycles. The number of halogens is 2. The van der Waals surface area contributed by atoms with Crippen LogP contribution < -0.4 is 4.72 Å². The van der Waals surface area contributed by atoms with Crippen LogP contribution >= 0.6 is 11.6 Å². The highest BCUT2D eigenvalue weighted by Gasteiger charge is 2.24.